The zero-order valence-corrected chi connectivity index (χ0v) is 14.1. The van der Waals surface area contributed by atoms with E-state index in [-0.39, 0.29) is 24.4 Å². The van der Waals surface area contributed by atoms with E-state index in [4.69, 9.17) is 5.73 Å². The quantitative estimate of drug-likeness (QED) is 0.929. The Morgan fingerprint density at radius 2 is 1.95 bits per heavy atom. The van der Waals surface area contributed by atoms with Crippen LogP contribution in [0.25, 0.3) is 0 Å². The molecule has 2 N–H and O–H groups in total. The van der Waals surface area contributed by atoms with E-state index in [1.54, 1.807) is 0 Å². The molecule has 2 aliphatic rings. The average molecular weight is 323 g/mol. The number of rotatable bonds is 3. The predicted molar refractivity (Wildman–Crippen MR) is 92.1 cm³/mol. The highest BCUT2D eigenvalue weighted by Gasteiger charge is 2.35. The zero-order valence-electron chi connectivity index (χ0n) is 13.3. The smallest absolute Gasteiger partial charge is 0.222 e. The fourth-order valence-electron chi connectivity index (χ4n) is 3.97. The summed E-state index contributed by atoms with van der Waals surface area (Å²) in [7, 11) is 0. The standard InChI is InChI=1S/C18H26N2O.ClH/c1-13-7-8-14(9-13)10-18(21)20-11-16(17(19)12-20)15-5-3-2-4-6-15;/h2-6,13-14,16-17H,7-12,19H2,1H3;1H/t13?,14?,16-,17+;/m0./s1. The van der Waals surface area contributed by atoms with Crippen molar-refractivity contribution in [3.8, 4) is 0 Å². The number of nitrogens with zero attached hydrogens (tertiary/aromatic N) is 1. The first-order chi connectivity index (χ1) is 10.1. The summed E-state index contributed by atoms with van der Waals surface area (Å²) in [4.78, 5) is 14.5. The maximum Gasteiger partial charge on any atom is 0.222 e. The molecule has 0 spiro atoms. The van der Waals surface area contributed by atoms with Crippen molar-refractivity contribution in [2.24, 2.45) is 17.6 Å². The minimum absolute atomic E-state index is 0. The van der Waals surface area contributed by atoms with Gasteiger partial charge in [-0.25, -0.2) is 0 Å². The first kappa shape index (κ1) is 17.3. The number of amides is 1. The highest BCUT2D eigenvalue weighted by molar-refractivity contribution is 5.85. The van der Waals surface area contributed by atoms with Crippen molar-refractivity contribution in [1.29, 1.82) is 0 Å². The monoisotopic (exact) mass is 322 g/mol. The molecule has 3 rings (SSSR count). The van der Waals surface area contributed by atoms with Crippen molar-refractivity contribution in [2.45, 2.75) is 44.6 Å². The van der Waals surface area contributed by atoms with Gasteiger partial charge in [-0.3, -0.25) is 4.79 Å². The molecule has 122 valence electrons. The Morgan fingerprint density at radius 1 is 1.23 bits per heavy atom. The molecule has 1 aliphatic heterocycles. The molecule has 2 unspecified atom stereocenters. The highest BCUT2D eigenvalue weighted by atomic mass is 35.5. The molecule has 1 heterocycles. The lowest BCUT2D eigenvalue weighted by atomic mass is 9.95. The van der Waals surface area contributed by atoms with Crippen LogP contribution >= 0.6 is 12.4 Å². The van der Waals surface area contributed by atoms with E-state index in [2.05, 4.69) is 19.1 Å². The number of likely N-dealkylation sites (tertiary alicyclic amines) is 1. The average Bonchev–Trinajstić information content (AvgIpc) is 3.06. The number of benzene rings is 1. The van der Waals surface area contributed by atoms with Crippen molar-refractivity contribution in [3.05, 3.63) is 35.9 Å². The summed E-state index contributed by atoms with van der Waals surface area (Å²) < 4.78 is 0. The summed E-state index contributed by atoms with van der Waals surface area (Å²) in [6, 6.07) is 10.4. The van der Waals surface area contributed by atoms with Crippen LogP contribution in [-0.2, 0) is 4.79 Å². The summed E-state index contributed by atoms with van der Waals surface area (Å²) in [6.07, 6.45) is 4.44. The lowest BCUT2D eigenvalue weighted by molar-refractivity contribution is -0.131. The third-order valence-electron chi connectivity index (χ3n) is 5.21. The van der Waals surface area contributed by atoms with E-state index in [1.165, 1.54) is 24.8 Å². The number of halogens is 1. The summed E-state index contributed by atoms with van der Waals surface area (Å²) in [5, 5.41) is 0. The van der Waals surface area contributed by atoms with Gasteiger partial charge in [-0.2, -0.15) is 0 Å². The van der Waals surface area contributed by atoms with E-state index < -0.39 is 0 Å². The van der Waals surface area contributed by atoms with Gasteiger partial charge in [0.1, 0.15) is 0 Å². The molecule has 1 amide bonds. The molecule has 2 fully saturated rings. The molecular weight excluding hydrogens is 296 g/mol. The molecule has 1 aromatic rings. The number of carbonyl (C=O) groups is 1. The van der Waals surface area contributed by atoms with Crippen molar-refractivity contribution in [3.63, 3.8) is 0 Å². The second-order valence-electron chi connectivity index (χ2n) is 6.97. The molecule has 1 saturated carbocycles. The van der Waals surface area contributed by atoms with Crippen LogP contribution in [0.2, 0.25) is 0 Å². The molecule has 1 aromatic carbocycles. The third-order valence-corrected chi connectivity index (χ3v) is 5.21. The SMILES string of the molecule is CC1CCC(CC(=O)N2C[C@@H](N)[C@H](c3ccccc3)C2)C1.Cl. The van der Waals surface area contributed by atoms with Gasteiger partial charge in [0.05, 0.1) is 0 Å². The molecule has 4 atom stereocenters. The largest absolute Gasteiger partial charge is 0.340 e. The fourth-order valence-corrected chi connectivity index (χ4v) is 3.97. The van der Waals surface area contributed by atoms with Gasteiger partial charge in [0.15, 0.2) is 0 Å². The Bertz CT molecular complexity index is 493. The van der Waals surface area contributed by atoms with E-state index in [1.807, 2.05) is 23.1 Å². The lowest BCUT2D eigenvalue weighted by Gasteiger charge is -2.19. The van der Waals surface area contributed by atoms with Crippen LogP contribution in [0, 0.1) is 11.8 Å². The van der Waals surface area contributed by atoms with Gasteiger partial charge >= 0.3 is 0 Å². The highest BCUT2D eigenvalue weighted by Crippen LogP contribution is 2.34. The first-order valence-corrected chi connectivity index (χ1v) is 8.21. The second kappa shape index (κ2) is 7.47. The Morgan fingerprint density at radius 3 is 2.59 bits per heavy atom. The maximum atomic E-state index is 12.5. The van der Waals surface area contributed by atoms with Crippen LogP contribution < -0.4 is 5.73 Å². The number of hydrogen-bond donors (Lipinski definition) is 1. The van der Waals surface area contributed by atoms with Crippen molar-refractivity contribution in [2.75, 3.05) is 13.1 Å². The minimum atomic E-state index is 0. The van der Waals surface area contributed by atoms with E-state index in [9.17, 15) is 4.79 Å². The van der Waals surface area contributed by atoms with Crippen molar-refractivity contribution in [1.82, 2.24) is 4.90 Å². The molecule has 1 saturated heterocycles. The summed E-state index contributed by atoms with van der Waals surface area (Å²) in [5.41, 5.74) is 7.53. The predicted octanol–water partition coefficient (Wildman–Crippen LogP) is 3.19. The number of carbonyl (C=O) groups excluding carboxylic acids is 1. The first-order valence-electron chi connectivity index (χ1n) is 8.21. The van der Waals surface area contributed by atoms with Crippen LogP contribution in [0.5, 0.6) is 0 Å². The van der Waals surface area contributed by atoms with Crippen LogP contribution in [0.1, 0.15) is 44.1 Å². The maximum absolute atomic E-state index is 12.5. The fraction of sp³-hybridized carbons (Fsp3) is 0.611. The Labute approximate surface area is 139 Å². The Balaban J connectivity index is 0.00000176. The van der Waals surface area contributed by atoms with Gasteiger partial charge in [0.2, 0.25) is 5.91 Å². The molecule has 0 bridgehead atoms. The van der Waals surface area contributed by atoms with Crippen LogP contribution in [0.3, 0.4) is 0 Å². The van der Waals surface area contributed by atoms with Crippen molar-refractivity contribution < 1.29 is 4.79 Å². The van der Waals surface area contributed by atoms with Gasteiger partial charge in [-0.05, 0) is 30.2 Å². The molecule has 3 nitrogen and oxygen atoms in total. The summed E-state index contributed by atoms with van der Waals surface area (Å²) in [5.74, 6) is 1.99. The summed E-state index contributed by atoms with van der Waals surface area (Å²) >= 11 is 0. The molecule has 1 aliphatic carbocycles. The molecule has 22 heavy (non-hydrogen) atoms. The van der Waals surface area contributed by atoms with E-state index in [0.717, 1.165) is 18.9 Å². The Hall–Kier alpha value is -1.06. The molecular formula is C18H27ClN2O. The van der Waals surface area contributed by atoms with Crippen LogP contribution in [-0.4, -0.2) is 29.9 Å². The zero-order chi connectivity index (χ0) is 14.8. The van der Waals surface area contributed by atoms with Crippen LogP contribution in [0.4, 0.5) is 0 Å². The lowest BCUT2D eigenvalue weighted by Crippen LogP contribution is -2.32. The van der Waals surface area contributed by atoms with Gasteiger partial charge in [-0.1, -0.05) is 43.7 Å². The third kappa shape index (κ3) is 3.82. The minimum Gasteiger partial charge on any atom is -0.340 e. The second-order valence-corrected chi connectivity index (χ2v) is 6.97. The van der Waals surface area contributed by atoms with Crippen molar-refractivity contribution >= 4 is 18.3 Å². The normalized spacial score (nSPS) is 31.1. The van der Waals surface area contributed by atoms with Gasteiger partial charge in [-0.15, -0.1) is 12.4 Å². The topological polar surface area (TPSA) is 46.3 Å². The van der Waals surface area contributed by atoms with E-state index in [0.29, 0.717) is 18.4 Å². The number of hydrogen-bond acceptors (Lipinski definition) is 2. The van der Waals surface area contributed by atoms with E-state index >= 15 is 0 Å². The Kier molecular flexibility index (Phi) is 5.87. The van der Waals surface area contributed by atoms with Gasteiger partial charge in [0, 0.05) is 31.5 Å². The van der Waals surface area contributed by atoms with Gasteiger partial charge in [0.25, 0.3) is 0 Å². The van der Waals surface area contributed by atoms with Gasteiger partial charge < -0.3 is 10.6 Å². The molecule has 4 heteroatoms. The number of nitrogens with two attached hydrogens (primary N) is 1. The van der Waals surface area contributed by atoms with Crippen LogP contribution in [0.15, 0.2) is 30.3 Å². The molecule has 0 radical (unpaired) electrons. The summed E-state index contributed by atoms with van der Waals surface area (Å²) in [6.45, 7) is 3.79. The molecule has 0 aromatic heterocycles.